The first-order chi connectivity index (χ1) is 7.83. The Kier molecular flexibility index (Phi) is 2.68. The number of nitrogens with one attached hydrogen (secondary N) is 1. The molecule has 2 saturated carbocycles. The molecule has 2 aliphatic carbocycles. The Morgan fingerprint density at radius 3 is 2.69 bits per heavy atom. The second-order valence-corrected chi connectivity index (χ2v) is 5.18. The minimum absolute atomic E-state index is 0.102. The van der Waals surface area contributed by atoms with Crippen molar-refractivity contribution in [2.24, 2.45) is 5.92 Å². The molecule has 1 unspecified atom stereocenters. The Hall–Kier alpha value is -0.890. The van der Waals surface area contributed by atoms with Gasteiger partial charge >= 0.3 is 0 Å². The van der Waals surface area contributed by atoms with Gasteiger partial charge in [0, 0.05) is 12.6 Å². The second kappa shape index (κ2) is 4.17. The molecule has 0 amide bonds. The summed E-state index contributed by atoms with van der Waals surface area (Å²) in [4.78, 5) is 0. The molecule has 0 saturated heterocycles. The molecular formula is C14H18FN. The highest BCUT2D eigenvalue weighted by atomic mass is 19.1. The van der Waals surface area contributed by atoms with Crippen molar-refractivity contribution in [1.82, 2.24) is 5.32 Å². The fraction of sp³-hybridized carbons (Fsp3) is 0.571. The van der Waals surface area contributed by atoms with Gasteiger partial charge in [-0.2, -0.15) is 0 Å². The smallest absolute Gasteiger partial charge is 0.123 e. The maximum atomic E-state index is 13.2. The first kappa shape index (κ1) is 10.3. The molecule has 0 spiro atoms. The van der Waals surface area contributed by atoms with Crippen molar-refractivity contribution in [1.29, 1.82) is 0 Å². The minimum atomic E-state index is -0.102. The maximum Gasteiger partial charge on any atom is 0.123 e. The van der Waals surface area contributed by atoms with Crippen LogP contribution in [0.4, 0.5) is 4.39 Å². The molecule has 0 bridgehead atoms. The van der Waals surface area contributed by atoms with Crippen LogP contribution in [0.5, 0.6) is 0 Å². The monoisotopic (exact) mass is 219 g/mol. The highest BCUT2D eigenvalue weighted by molar-refractivity contribution is 5.23. The van der Waals surface area contributed by atoms with Crippen molar-refractivity contribution in [3.8, 4) is 0 Å². The first-order valence-electron chi connectivity index (χ1n) is 6.32. The van der Waals surface area contributed by atoms with E-state index in [1.807, 2.05) is 6.07 Å². The molecular weight excluding hydrogens is 201 g/mol. The van der Waals surface area contributed by atoms with Crippen molar-refractivity contribution in [2.45, 2.75) is 37.6 Å². The van der Waals surface area contributed by atoms with Crippen LogP contribution in [0.25, 0.3) is 0 Å². The van der Waals surface area contributed by atoms with E-state index in [0.29, 0.717) is 5.92 Å². The molecule has 16 heavy (non-hydrogen) atoms. The molecule has 86 valence electrons. The van der Waals surface area contributed by atoms with E-state index in [1.165, 1.54) is 37.3 Å². The van der Waals surface area contributed by atoms with Crippen molar-refractivity contribution in [3.63, 3.8) is 0 Å². The van der Waals surface area contributed by atoms with Crippen LogP contribution in [0, 0.1) is 11.7 Å². The Balaban J connectivity index is 1.70. The third-order valence-corrected chi connectivity index (χ3v) is 3.67. The molecule has 1 nitrogen and oxygen atoms in total. The second-order valence-electron chi connectivity index (χ2n) is 5.18. The molecule has 0 radical (unpaired) electrons. The van der Waals surface area contributed by atoms with Gasteiger partial charge in [-0.1, -0.05) is 12.1 Å². The normalized spacial score (nSPS) is 22.1. The lowest BCUT2D eigenvalue weighted by molar-refractivity contribution is 0.528. The summed E-state index contributed by atoms with van der Waals surface area (Å²) in [6, 6.07) is 7.88. The zero-order valence-electron chi connectivity index (χ0n) is 9.45. The SMILES string of the molecule is Fc1cccc(C(CNC2CC2)C2CC2)c1. The maximum absolute atomic E-state index is 13.2. The van der Waals surface area contributed by atoms with Crippen molar-refractivity contribution < 1.29 is 4.39 Å². The average Bonchev–Trinajstić information content (AvgIpc) is 3.13. The van der Waals surface area contributed by atoms with Crippen LogP contribution in [0.15, 0.2) is 24.3 Å². The Morgan fingerprint density at radius 1 is 1.25 bits per heavy atom. The van der Waals surface area contributed by atoms with Crippen molar-refractivity contribution >= 4 is 0 Å². The molecule has 1 aromatic rings. The summed E-state index contributed by atoms with van der Waals surface area (Å²) < 4.78 is 13.2. The lowest BCUT2D eigenvalue weighted by Crippen LogP contribution is -2.24. The van der Waals surface area contributed by atoms with Crippen LogP contribution < -0.4 is 5.32 Å². The Bertz CT molecular complexity index is 369. The molecule has 0 heterocycles. The van der Waals surface area contributed by atoms with Gasteiger partial charge in [-0.25, -0.2) is 4.39 Å². The number of hydrogen-bond acceptors (Lipinski definition) is 1. The number of hydrogen-bond donors (Lipinski definition) is 1. The standard InChI is InChI=1S/C14H18FN/c15-12-3-1-2-11(8-12)14(10-4-5-10)9-16-13-6-7-13/h1-3,8,10,13-14,16H,4-7,9H2. The van der Waals surface area contributed by atoms with E-state index in [9.17, 15) is 4.39 Å². The van der Waals surface area contributed by atoms with E-state index < -0.39 is 0 Å². The minimum Gasteiger partial charge on any atom is -0.313 e. The van der Waals surface area contributed by atoms with Crippen LogP contribution in [-0.4, -0.2) is 12.6 Å². The molecule has 2 fully saturated rings. The van der Waals surface area contributed by atoms with E-state index in [0.717, 1.165) is 18.5 Å². The molecule has 3 rings (SSSR count). The van der Waals surface area contributed by atoms with Crippen LogP contribution >= 0.6 is 0 Å². The summed E-state index contributed by atoms with van der Waals surface area (Å²) in [5.74, 6) is 1.21. The van der Waals surface area contributed by atoms with Crippen molar-refractivity contribution in [2.75, 3.05) is 6.54 Å². The molecule has 0 aliphatic heterocycles. The lowest BCUT2D eigenvalue weighted by Gasteiger charge is -2.17. The van der Waals surface area contributed by atoms with Crippen molar-refractivity contribution in [3.05, 3.63) is 35.6 Å². The quantitative estimate of drug-likeness (QED) is 0.802. The zero-order valence-corrected chi connectivity index (χ0v) is 9.45. The predicted octanol–water partition coefficient (Wildman–Crippen LogP) is 3.07. The van der Waals surface area contributed by atoms with Gasteiger partial charge in [0.1, 0.15) is 5.82 Å². The summed E-state index contributed by atoms with van der Waals surface area (Å²) in [5, 5.41) is 3.57. The predicted molar refractivity (Wildman–Crippen MR) is 62.9 cm³/mol. The third kappa shape index (κ3) is 2.43. The van der Waals surface area contributed by atoms with Crippen LogP contribution in [-0.2, 0) is 0 Å². The molecule has 1 atom stereocenters. The summed E-state index contributed by atoms with van der Waals surface area (Å²) in [6.45, 7) is 1.03. The lowest BCUT2D eigenvalue weighted by atomic mass is 9.94. The number of rotatable bonds is 5. The Labute approximate surface area is 96.1 Å². The largest absolute Gasteiger partial charge is 0.313 e. The van der Waals surface area contributed by atoms with Crippen LogP contribution in [0.2, 0.25) is 0 Å². The molecule has 1 aromatic carbocycles. The highest BCUT2D eigenvalue weighted by Gasteiger charge is 2.33. The third-order valence-electron chi connectivity index (χ3n) is 3.67. The first-order valence-corrected chi connectivity index (χ1v) is 6.32. The van der Waals surface area contributed by atoms with Crippen LogP contribution in [0.3, 0.4) is 0 Å². The van der Waals surface area contributed by atoms with Crippen LogP contribution in [0.1, 0.15) is 37.2 Å². The number of benzene rings is 1. The number of halogens is 1. The van der Waals surface area contributed by atoms with Gasteiger partial charge in [-0.3, -0.25) is 0 Å². The zero-order chi connectivity index (χ0) is 11.0. The fourth-order valence-electron chi connectivity index (χ4n) is 2.37. The van der Waals surface area contributed by atoms with Gasteiger partial charge < -0.3 is 5.32 Å². The Morgan fingerprint density at radius 2 is 2.06 bits per heavy atom. The van der Waals surface area contributed by atoms with Gasteiger partial charge in [0.15, 0.2) is 0 Å². The van der Waals surface area contributed by atoms with E-state index in [-0.39, 0.29) is 5.82 Å². The van der Waals surface area contributed by atoms with E-state index >= 15 is 0 Å². The molecule has 2 heteroatoms. The van der Waals surface area contributed by atoms with E-state index in [4.69, 9.17) is 0 Å². The van der Waals surface area contributed by atoms with Gasteiger partial charge in [0.25, 0.3) is 0 Å². The topological polar surface area (TPSA) is 12.0 Å². The fourth-order valence-corrected chi connectivity index (χ4v) is 2.37. The molecule has 1 N–H and O–H groups in total. The van der Waals surface area contributed by atoms with E-state index in [2.05, 4.69) is 11.4 Å². The average molecular weight is 219 g/mol. The van der Waals surface area contributed by atoms with Gasteiger partial charge in [0.2, 0.25) is 0 Å². The summed E-state index contributed by atoms with van der Waals surface area (Å²) >= 11 is 0. The van der Waals surface area contributed by atoms with Gasteiger partial charge in [-0.15, -0.1) is 0 Å². The molecule has 2 aliphatic rings. The summed E-state index contributed by atoms with van der Waals surface area (Å²) in [7, 11) is 0. The molecule has 0 aromatic heterocycles. The highest BCUT2D eigenvalue weighted by Crippen LogP contribution is 2.42. The van der Waals surface area contributed by atoms with E-state index in [1.54, 1.807) is 6.07 Å². The summed E-state index contributed by atoms with van der Waals surface area (Å²) in [5.41, 5.74) is 1.18. The van der Waals surface area contributed by atoms with Gasteiger partial charge in [0.05, 0.1) is 0 Å². The van der Waals surface area contributed by atoms with Gasteiger partial charge in [-0.05, 0) is 55.2 Å². The summed E-state index contributed by atoms with van der Waals surface area (Å²) in [6.07, 6.45) is 5.27.